The Labute approximate surface area is 442 Å². The Kier molecular flexibility index (Phi) is 20.7. The molecule has 1 atom stereocenters. The number of rotatable bonds is 30. The predicted molar refractivity (Wildman–Crippen MR) is 278 cm³/mol. The lowest BCUT2D eigenvalue weighted by molar-refractivity contribution is -0.136. The number of alkyl halides is 2. The monoisotopic (exact) mass is 1060 g/mol. The van der Waals surface area contributed by atoms with Crippen molar-refractivity contribution in [3.8, 4) is 11.5 Å². The van der Waals surface area contributed by atoms with Crippen LogP contribution < -0.4 is 35.6 Å². The maximum atomic E-state index is 14.1. The summed E-state index contributed by atoms with van der Waals surface area (Å²) in [6.45, 7) is 10.5. The minimum atomic E-state index is -2.69. The lowest BCUT2D eigenvalue weighted by Crippen LogP contribution is -2.54. The average Bonchev–Trinajstić information content (AvgIpc) is 4.05. The summed E-state index contributed by atoms with van der Waals surface area (Å²) < 4.78 is 62.7. The molecule has 4 saturated heterocycles. The van der Waals surface area contributed by atoms with Crippen molar-refractivity contribution in [2.75, 3.05) is 148 Å². The summed E-state index contributed by atoms with van der Waals surface area (Å²) in [6.07, 6.45) is 5.90. The largest absolute Gasteiger partial charge is 0.493 e. The summed E-state index contributed by atoms with van der Waals surface area (Å²) in [4.78, 5) is 80.1. The molecule has 5 aliphatic heterocycles. The minimum absolute atomic E-state index is 0.0524. The molecule has 0 radical (unpaired) electrons. The van der Waals surface area contributed by atoms with Gasteiger partial charge in [0.15, 0.2) is 11.5 Å². The Hall–Kier alpha value is -5.85. The van der Waals surface area contributed by atoms with E-state index < -0.39 is 35.6 Å². The van der Waals surface area contributed by atoms with Gasteiger partial charge in [0.25, 0.3) is 17.7 Å². The van der Waals surface area contributed by atoms with Crippen LogP contribution >= 0.6 is 0 Å². The normalized spacial score (nSPS) is 19.3. The molecule has 0 saturated carbocycles. The van der Waals surface area contributed by atoms with Gasteiger partial charge in [0.2, 0.25) is 23.7 Å². The molecule has 8 rings (SSSR count). The van der Waals surface area contributed by atoms with E-state index in [2.05, 4.69) is 31.1 Å². The number of nitrogens with zero attached hydrogens (tertiary/aromatic N) is 6. The van der Waals surface area contributed by atoms with Crippen LogP contribution in [-0.2, 0) is 33.3 Å². The summed E-state index contributed by atoms with van der Waals surface area (Å²) in [5, 5.41) is 12.8. The molecule has 23 heteroatoms. The van der Waals surface area contributed by atoms with E-state index >= 15 is 0 Å². The van der Waals surface area contributed by atoms with Crippen molar-refractivity contribution in [2.45, 2.75) is 88.6 Å². The van der Waals surface area contributed by atoms with Gasteiger partial charge in [-0.25, -0.2) is 13.8 Å². The zero-order valence-electron chi connectivity index (χ0n) is 43.7. The molecule has 3 aromatic rings. The molecule has 4 fully saturated rings. The van der Waals surface area contributed by atoms with Crippen LogP contribution in [0.15, 0.2) is 30.3 Å². The van der Waals surface area contributed by atoms with Crippen molar-refractivity contribution in [1.82, 2.24) is 35.3 Å². The highest BCUT2D eigenvalue weighted by Crippen LogP contribution is 2.38. The van der Waals surface area contributed by atoms with Gasteiger partial charge in [-0.2, -0.15) is 4.98 Å². The van der Waals surface area contributed by atoms with Gasteiger partial charge < -0.3 is 59.1 Å². The summed E-state index contributed by atoms with van der Waals surface area (Å²) in [6, 6.07) is 7.81. The lowest BCUT2D eigenvalue weighted by atomic mass is 10.0. The Morgan fingerprint density at radius 3 is 2.16 bits per heavy atom. The number of carbonyl (C=O) groups is 5. The lowest BCUT2D eigenvalue weighted by Gasteiger charge is -2.34. The molecule has 1 aromatic heterocycles. The molecule has 76 heavy (non-hydrogen) atoms. The first-order valence-electron chi connectivity index (χ1n) is 27.0. The maximum absolute atomic E-state index is 14.1. The fourth-order valence-corrected chi connectivity index (χ4v) is 10.1. The molecule has 1 unspecified atom stereocenters. The summed E-state index contributed by atoms with van der Waals surface area (Å²) >= 11 is 0. The van der Waals surface area contributed by atoms with Crippen LogP contribution in [0.3, 0.4) is 0 Å². The van der Waals surface area contributed by atoms with Crippen LogP contribution in [0, 0.1) is 0 Å². The first-order chi connectivity index (χ1) is 37.0. The van der Waals surface area contributed by atoms with Crippen molar-refractivity contribution < 1.29 is 61.2 Å². The number of ether oxygens (including phenoxy) is 6. The first kappa shape index (κ1) is 56.4. The third-order valence-corrected chi connectivity index (χ3v) is 14.3. The van der Waals surface area contributed by atoms with Crippen molar-refractivity contribution in [1.29, 1.82) is 0 Å². The number of aromatic nitrogens is 2. The number of likely N-dealkylation sites (tertiary alicyclic amines) is 2. The Morgan fingerprint density at radius 1 is 0.763 bits per heavy atom. The number of imide groups is 2. The maximum Gasteiger partial charge on any atom is 0.264 e. The highest BCUT2D eigenvalue weighted by atomic mass is 19.3. The molecule has 6 heterocycles. The smallest absolute Gasteiger partial charge is 0.264 e. The molecule has 0 bridgehead atoms. The Bertz CT molecular complexity index is 2450. The van der Waals surface area contributed by atoms with Gasteiger partial charge in [0.05, 0.1) is 83.2 Å². The van der Waals surface area contributed by atoms with E-state index in [9.17, 15) is 32.8 Å². The van der Waals surface area contributed by atoms with Crippen LogP contribution in [0.2, 0.25) is 0 Å². The van der Waals surface area contributed by atoms with Gasteiger partial charge in [0, 0.05) is 94.7 Å². The average molecular weight is 1070 g/mol. The quantitative estimate of drug-likeness (QED) is 0.0545. The standard InChI is InChI=1S/C53H74F2N10O11/c1-71-43-35-39-41(36-44(43)76-26-6-21-62-18-2-3-19-62)59-52(64-24-14-53(54,55)15-25-64)61-48(39)58-37-11-22-63(23-12-37)20-5-16-57-45(66)13-27-72-29-31-74-33-34-75-32-30-73-28-17-56-40-8-4-7-38-47(40)51(70)65(50(38)69)42-9-10-46(67)60-49(42)68/h4,7-8,35-37,42,56H,2-3,5-6,9-34H2,1H3,(H,57,66)(H,58,59,61)(H,60,67,68). The minimum Gasteiger partial charge on any atom is -0.493 e. The number of nitrogens with one attached hydrogen (secondary N) is 4. The highest BCUT2D eigenvalue weighted by Gasteiger charge is 2.45. The molecular formula is C53H74F2N10O11. The summed E-state index contributed by atoms with van der Waals surface area (Å²) in [5.41, 5.74) is 1.53. The molecule has 0 aliphatic carbocycles. The fraction of sp³-hybridized carbons (Fsp3) is 0.642. The fourth-order valence-electron chi connectivity index (χ4n) is 10.1. The van der Waals surface area contributed by atoms with E-state index in [1.54, 1.807) is 25.3 Å². The van der Waals surface area contributed by atoms with Crippen molar-refractivity contribution in [3.05, 3.63) is 41.5 Å². The van der Waals surface area contributed by atoms with E-state index in [4.69, 9.17) is 38.4 Å². The molecule has 5 aliphatic rings. The molecule has 2 aromatic carbocycles. The number of halogens is 2. The second kappa shape index (κ2) is 28.0. The van der Waals surface area contributed by atoms with Crippen molar-refractivity contribution in [3.63, 3.8) is 0 Å². The summed E-state index contributed by atoms with van der Waals surface area (Å²) in [5.74, 6) is -2.69. The topological polar surface area (TPSA) is 228 Å². The van der Waals surface area contributed by atoms with Gasteiger partial charge in [-0.3, -0.25) is 34.2 Å². The number of methoxy groups -OCH3 is 1. The number of hydrogen-bond acceptors (Lipinski definition) is 18. The van der Waals surface area contributed by atoms with Gasteiger partial charge in [0.1, 0.15) is 11.9 Å². The van der Waals surface area contributed by atoms with Crippen LogP contribution in [0.25, 0.3) is 10.9 Å². The van der Waals surface area contributed by atoms with Gasteiger partial charge >= 0.3 is 0 Å². The third-order valence-electron chi connectivity index (χ3n) is 14.3. The number of piperidine rings is 3. The number of anilines is 3. The van der Waals surface area contributed by atoms with E-state index in [0.29, 0.717) is 100 Å². The molecule has 4 N–H and O–H groups in total. The molecule has 416 valence electrons. The second-order valence-corrected chi connectivity index (χ2v) is 19.8. The van der Waals surface area contributed by atoms with E-state index in [1.165, 1.54) is 12.8 Å². The van der Waals surface area contributed by atoms with E-state index in [-0.39, 0.29) is 74.9 Å². The van der Waals surface area contributed by atoms with Crippen molar-refractivity contribution >= 4 is 57.9 Å². The number of fused-ring (bicyclic) bond motifs is 2. The first-order valence-corrected chi connectivity index (χ1v) is 27.0. The summed E-state index contributed by atoms with van der Waals surface area (Å²) in [7, 11) is 1.62. The SMILES string of the molecule is COc1cc2c(NC3CCN(CCCNC(=O)CCOCCOCCOCCOCCNc4cccc5c4C(=O)N(C4CCC(=O)NC4=O)C5=O)CC3)nc(N3CCC(F)(F)CC3)nc2cc1OCCCN1CCCC1. The van der Waals surface area contributed by atoms with E-state index in [0.717, 1.165) is 75.2 Å². The van der Waals surface area contributed by atoms with Crippen LogP contribution in [0.5, 0.6) is 11.5 Å². The molecule has 21 nitrogen and oxygen atoms in total. The van der Waals surface area contributed by atoms with Gasteiger partial charge in [-0.05, 0) is 82.8 Å². The number of carbonyl (C=O) groups excluding carboxylic acids is 5. The Morgan fingerprint density at radius 2 is 1.45 bits per heavy atom. The van der Waals surface area contributed by atoms with Crippen LogP contribution in [0.4, 0.5) is 26.2 Å². The number of hydrogen-bond donors (Lipinski definition) is 4. The van der Waals surface area contributed by atoms with Gasteiger partial charge in [-0.15, -0.1) is 0 Å². The van der Waals surface area contributed by atoms with Gasteiger partial charge in [-0.1, -0.05) is 6.07 Å². The van der Waals surface area contributed by atoms with Crippen molar-refractivity contribution in [2.24, 2.45) is 0 Å². The van der Waals surface area contributed by atoms with E-state index in [1.807, 2.05) is 17.0 Å². The second-order valence-electron chi connectivity index (χ2n) is 19.8. The predicted octanol–water partition coefficient (Wildman–Crippen LogP) is 4.09. The zero-order valence-corrected chi connectivity index (χ0v) is 43.7. The Balaban J connectivity index is 0.643. The third kappa shape index (κ3) is 15.6. The zero-order chi connectivity index (χ0) is 53.3. The molecule has 0 spiro atoms. The number of benzene rings is 2. The number of amides is 5. The van der Waals surface area contributed by atoms with Crippen LogP contribution in [-0.4, -0.2) is 204 Å². The highest BCUT2D eigenvalue weighted by molar-refractivity contribution is 6.25. The molecule has 5 amide bonds. The van der Waals surface area contributed by atoms with Crippen LogP contribution in [0.1, 0.15) is 91.3 Å². The molecular weight excluding hydrogens is 991 g/mol.